The van der Waals surface area contributed by atoms with Crippen LogP contribution >= 0.6 is 0 Å². The maximum absolute atomic E-state index is 9.07. The van der Waals surface area contributed by atoms with E-state index in [1.165, 1.54) is 44.2 Å². The van der Waals surface area contributed by atoms with E-state index >= 15 is 0 Å². The molecular formula is C16H18N2. The van der Waals surface area contributed by atoms with E-state index in [-0.39, 0.29) is 0 Å². The number of hydrogen-bond donors (Lipinski definition) is 0. The van der Waals surface area contributed by atoms with Gasteiger partial charge in [-0.05, 0) is 68.4 Å². The van der Waals surface area contributed by atoms with Crippen molar-refractivity contribution < 1.29 is 0 Å². The number of rotatable bonds is 1. The molecule has 0 radical (unpaired) electrons. The van der Waals surface area contributed by atoms with Crippen LogP contribution in [0.25, 0.3) is 0 Å². The molecule has 92 valence electrons. The fraction of sp³-hybridized carbons (Fsp3) is 0.625. The minimum atomic E-state index is 0.321. The number of hydrogen-bond acceptors (Lipinski definition) is 2. The molecule has 4 fully saturated rings. The zero-order chi connectivity index (χ0) is 12.2. The summed E-state index contributed by atoms with van der Waals surface area (Å²) >= 11 is 0. The van der Waals surface area contributed by atoms with Gasteiger partial charge >= 0.3 is 0 Å². The van der Waals surface area contributed by atoms with Gasteiger partial charge in [0.25, 0.3) is 0 Å². The van der Waals surface area contributed by atoms with Crippen LogP contribution in [0, 0.1) is 29.1 Å². The van der Waals surface area contributed by atoms with E-state index in [1.54, 1.807) is 0 Å². The molecule has 4 aliphatic rings. The first-order chi connectivity index (χ1) is 8.77. The number of nitrogens with zero attached hydrogens (tertiary/aromatic N) is 2. The molecule has 2 heteroatoms. The Bertz CT molecular complexity index is 491. The Kier molecular flexibility index (Phi) is 2.09. The first-order valence-electron chi connectivity index (χ1n) is 7.14. The minimum absolute atomic E-state index is 0.321. The van der Waals surface area contributed by atoms with Crippen molar-refractivity contribution in [2.24, 2.45) is 17.8 Å². The summed E-state index contributed by atoms with van der Waals surface area (Å²) in [6.07, 6.45) is 10.2. The Morgan fingerprint density at radius 1 is 1.11 bits per heavy atom. The lowest BCUT2D eigenvalue weighted by Gasteiger charge is -2.56. The molecule has 4 aliphatic carbocycles. The molecule has 4 saturated carbocycles. The van der Waals surface area contributed by atoms with Crippen molar-refractivity contribution in [2.75, 3.05) is 0 Å². The van der Waals surface area contributed by atoms with Gasteiger partial charge in [0.05, 0.1) is 11.6 Å². The summed E-state index contributed by atoms with van der Waals surface area (Å²) in [5.74, 6) is 2.80. The molecule has 2 nitrogen and oxygen atoms in total. The van der Waals surface area contributed by atoms with Crippen molar-refractivity contribution in [3.05, 3.63) is 29.6 Å². The number of aromatic nitrogens is 1. The number of pyridine rings is 1. The third kappa shape index (κ3) is 1.43. The highest BCUT2D eigenvalue weighted by atomic mass is 14.7. The topological polar surface area (TPSA) is 36.7 Å². The maximum Gasteiger partial charge on any atom is 0.0992 e. The largest absolute Gasteiger partial charge is 0.261 e. The van der Waals surface area contributed by atoms with E-state index in [1.807, 2.05) is 18.3 Å². The lowest BCUT2D eigenvalue weighted by molar-refractivity contribution is -0.00720. The summed E-state index contributed by atoms with van der Waals surface area (Å²) in [7, 11) is 0. The smallest absolute Gasteiger partial charge is 0.0992 e. The third-order valence-electron chi connectivity index (χ3n) is 5.47. The molecule has 1 heterocycles. The molecule has 0 spiro atoms. The highest BCUT2D eigenvalue weighted by Gasteiger charge is 2.52. The highest BCUT2D eigenvalue weighted by Crippen LogP contribution is 2.60. The normalized spacial score (nSPS) is 40.7. The van der Waals surface area contributed by atoms with Crippen molar-refractivity contribution in [2.45, 2.75) is 43.9 Å². The maximum atomic E-state index is 9.07. The third-order valence-corrected chi connectivity index (χ3v) is 5.47. The van der Waals surface area contributed by atoms with Gasteiger partial charge in [-0.25, -0.2) is 0 Å². The van der Waals surface area contributed by atoms with Crippen molar-refractivity contribution in [3.8, 4) is 6.07 Å². The van der Waals surface area contributed by atoms with Crippen LogP contribution in [-0.2, 0) is 5.41 Å². The second-order valence-corrected chi connectivity index (χ2v) is 6.74. The predicted octanol–water partition coefficient (Wildman–Crippen LogP) is 3.42. The Hall–Kier alpha value is -1.36. The van der Waals surface area contributed by atoms with E-state index in [4.69, 9.17) is 5.26 Å². The van der Waals surface area contributed by atoms with Gasteiger partial charge in [0, 0.05) is 17.3 Å². The standard InChI is InChI=1S/C16H18N2/c17-10-11-1-2-18-15(6-11)16-7-12-3-13(8-16)5-14(4-12)9-16/h1-2,6,12-14H,3-5,7-9H2. The van der Waals surface area contributed by atoms with E-state index in [9.17, 15) is 0 Å². The van der Waals surface area contributed by atoms with Crippen LogP contribution in [0.1, 0.15) is 49.8 Å². The first-order valence-corrected chi connectivity index (χ1v) is 7.14. The molecule has 0 saturated heterocycles. The van der Waals surface area contributed by atoms with E-state index in [2.05, 4.69) is 11.1 Å². The van der Waals surface area contributed by atoms with Crippen molar-refractivity contribution in [3.63, 3.8) is 0 Å². The zero-order valence-corrected chi connectivity index (χ0v) is 10.6. The van der Waals surface area contributed by atoms with E-state index < -0.39 is 0 Å². The molecule has 0 atom stereocenters. The monoisotopic (exact) mass is 238 g/mol. The van der Waals surface area contributed by atoms with E-state index in [0.717, 1.165) is 23.3 Å². The van der Waals surface area contributed by atoms with Gasteiger partial charge in [0.1, 0.15) is 0 Å². The molecule has 0 aliphatic heterocycles. The average molecular weight is 238 g/mol. The molecule has 0 unspecified atom stereocenters. The summed E-state index contributed by atoms with van der Waals surface area (Å²) < 4.78 is 0. The quantitative estimate of drug-likeness (QED) is 0.751. The molecule has 4 bridgehead atoms. The van der Waals surface area contributed by atoms with Crippen LogP contribution in [0.4, 0.5) is 0 Å². The Morgan fingerprint density at radius 3 is 2.28 bits per heavy atom. The first kappa shape index (κ1) is 10.6. The lowest BCUT2D eigenvalue weighted by atomic mass is 9.48. The molecule has 0 aromatic carbocycles. The van der Waals surface area contributed by atoms with Crippen molar-refractivity contribution in [1.29, 1.82) is 5.26 Å². The van der Waals surface area contributed by atoms with Gasteiger partial charge < -0.3 is 0 Å². The van der Waals surface area contributed by atoms with Crippen LogP contribution in [0.2, 0.25) is 0 Å². The summed E-state index contributed by atoms with van der Waals surface area (Å²) in [4.78, 5) is 4.63. The van der Waals surface area contributed by atoms with Crippen LogP contribution in [-0.4, -0.2) is 4.98 Å². The van der Waals surface area contributed by atoms with Gasteiger partial charge in [-0.2, -0.15) is 5.26 Å². The van der Waals surface area contributed by atoms with Crippen LogP contribution < -0.4 is 0 Å². The Balaban J connectivity index is 1.77. The van der Waals surface area contributed by atoms with Gasteiger partial charge in [-0.1, -0.05) is 0 Å². The summed E-state index contributed by atoms with van der Waals surface area (Å²) in [6.45, 7) is 0. The Labute approximate surface area is 108 Å². The lowest BCUT2D eigenvalue weighted by Crippen LogP contribution is -2.48. The van der Waals surface area contributed by atoms with Crippen LogP contribution in [0.15, 0.2) is 18.3 Å². The average Bonchev–Trinajstić information content (AvgIpc) is 2.37. The SMILES string of the molecule is N#Cc1ccnc(C23CC4CC(CC(C4)C2)C3)c1. The highest BCUT2D eigenvalue weighted by molar-refractivity contribution is 5.33. The second-order valence-electron chi connectivity index (χ2n) is 6.74. The summed E-state index contributed by atoms with van der Waals surface area (Å²) in [5, 5.41) is 9.07. The van der Waals surface area contributed by atoms with Crippen LogP contribution in [0.3, 0.4) is 0 Å². The van der Waals surface area contributed by atoms with Gasteiger partial charge in [-0.15, -0.1) is 0 Å². The summed E-state index contributed by atoms with van der Waals surface area (Å²) in [6, 6.07) is 6.13. The number of nitriles is 1. The van der Waals surface area contributed by atoms with Crippen molar-refractivity contribution in [1.82, 2.24) is 4.98 Å². The van der Waals surface area contributed by atoms with Gasteiger partial charge in [0.2, 0.25) is 0 Å². The second kappa shape index (κ2) is 3.57. The minimum Gasteiger partial charge on any atom is -0.261 e. The molecule has 5 rings (SSSR count). The fourth-order valence-corrected chi connectivity index (χ4v) is 5.21. The van der Waals surface area contributed by atoms with Crippen LogP contribution in [0.5, 0.6) is 0 Å². The Morgan fingerprint density at radius 2 is 1.72 bits per heavy atom. The molecule has 0 amide bonds. The molecule has 1 aromatic rings. The fourth-order valence-electron chi connectivity index (χ4n) is 5.21. The van der Waals surface area contributed by atoms with Gasteiger partial charge in [0.15, 0.2) is 0 Å². The molecular weight excluding hydrogens is 220 g/mol. The predicted molar refractivity (Wildman–Crippen MR) is 68.8 cm³/mol. The van der Waals surface area contributed by atoms with Crippen molar-refractivity contribution >= 4 is 0 Å². The summed E-state index contributed by atoms with van der Waals surface area (Å²) in [5.41, 5.74) is 2.30. The van der Waals surface area contributed by atoms with E-state index in [0.29, 0.717) is 5.41 Å². The van der Waals surface area contributed by atoms with Gasteiger partial charge in [-0.3, -0.25) is 4.98 Å². The zero-order valence-electron chi connectivity index (χ0n) is 10.6. The molecule has 18 heavy (non-hydrogen) atoms. The molecule has 1 aromatic heterocycles. The molecule has 0 N–H and O–H groups in total.